The van der Waals surface area contributed by atoms with E-state index in [1.807, 2.05) is 0 Å². The summed E-state index contributed by atoms with van der Waals surface area (Å²) in [5.74, 6) is -1.69. The molecule has 0 heterocycles. The number of carboxylic acids is 1. The summed E-state index contributed by atoms with van der Waals surface area (Å²) in [4.78, 5) is 22.4. The Morgan fingerprint density at radius 1 is 1.33 bits per heavy atom. The van der Waals surface area contributed by atoms with E-state index in [9.17, 15) is 14.7 Å². The molecule has 2 unspecified atom stereocenters. The standard InChI is InChI=1S/C12H14BrNO4/c1-7(15)11(12(17)18)14-10(16)6-8-2-4-9(13)5-3-8/h2-5,7,11,15H,6H2,1H3,(H,14,16)(H,17,18). The molecule has 98 valence electrons. The summed E-state index contributed by atoms with van der Waals surface area (Å²) in [6, 6.07) is 5.84. The first kappa shape index (κ1) is 14.7. The van der Waals surface area contributed by atoms with Crippen LogP contribution in [-0.2, 0) is 16.0 Å². The molecule has 0 aliphatic heterocycles. The van der Waals surface area contributed by atoms with E-state index in [1.165, 1.54) is 6.92 Å². The van der Waals surface area contributed by atoms with Gasteiger partial charge >= 0.3 is 5.97 Å². The molecule has 2 atom stereocenters. The summed E-state index contributed by atoms with van der Waals surface area (Å²) in [5.41, 5.74) is 0.769. The van der Waals surface area contributed by atoms with Crippen molar-refractivity contribution in [2.24, 2.45) is 0 Å². The van der Waals surface area contributed by atoms with Crippen LogP contribution in [0.25, 0.3) is 0 Å². The van der Waals surface area contributed by atoms with Crippen molar-refractivity contribution in [1.82, 2.24) is 5.32 Å². The second-order valence-electron chi connectivity index (χ2n) is 3.93. The molecule has 0 bridgehead atoms. The van der Waals surface area contributed by atoms with Crippen molar-refractivity contribution >= 4 is 27.8 Å². The largest absolute Gasteiger partial charge is 0.480 e. The van der Waals surface area contributed by atoms with Gasteiger partial charge in [0.15, 0.2) is 6.04 Å². The molecule has 0 aromatic heterocycles. The lowest BCUT2D eigenvalue weighted by Crippen LogP contribution is -2.48. The molecule has 0 aliphatic carbocycles. The maximum absolute atomic E-state index is 11.6. The molecular weight excluding hydrogens is 302 g/mol. The smallest absolute Gasteiger partial charge is 0.328 e. The van der Waals surface area contributed by atoms with E-state index in [4.69, 9.17) is 5.11 Å². The lowest BCUT2D eigenvalue weighted by Gasteiger charge is -2.16. The highest BCUT2D eigenvalue weighted by molar-refractivity contribution is 9.10. The average Bonchev–Trinajstić information content (AvgIpc) is 2.28. The van der Waals surface area contributed by atoms with Crippen LogP contribution in [0.15, 0.2) is 28.7 Å². The van der Waals surface area contributed by atoms with E-state index in [2.05, 4.69) is 21.2 Å². The molecule has 1 amide bonds. The van der Waals surface area contributed by atoms with E-state index >= 15 is 0 Å². The first-order valence-corrected chi connectivity index (χ1v) is 6.14. The summed E-state index contributed by atoms with van der Waals surface area (Å²) in [5, 5.41) is 20.3. The van der Waals surface area contributed by atoms with Gasteiger partial charge in [-0.15, -0.1) is 0 Å². The van der Waals surface area contributed by atoms with Gasteiger partial charge in [-0.25, -0.2) is 4.79 Å². The van der Waals surface area contributed by atoms with Crippen LogP contribution < -0.4 is 5.32 Å². The molecule has 0 radical (unpaired) electrons. The van der Waals surface area contributed by atoms with E-state index < -0.39 is 24.0 Å². The number of carbonyl (C=O) groups is 2. The minimum atomic E-state index is -1.28. The van der Waals surface area contributed by atoms with Crippen molar-refractivity contribution in [2.75, 3.05) is 0 Å². The van der Waals surface area contributed by atoms with Crippen LogP contribution in [-0.4, -0.2) is 34.2 Å². The predicted molar refractivity (Wildman–Crippen MR) is 69.1 cm³/mol. The topological polar surface area (TPSA) is 86.6 Å². The minimum absolute atomic E-state index is 0.0732. The molecule has 5 nitrogen and oxygen atoms in total. The van der Waals surface area contributed by atoms with Crippen LogP contribution in [0.3, 0.4) is 0 Å². The van der Waals surface area contributed by atoms with Crippen LogP contribution in [0.1, 0.15) is 12.5 Å². The highest BCUT2D eigenvalue weighted by Crippen LogP contribution is 2.10. The molecule has 3 N–H and O–H groups in total. The zero-order valence-corrected chi connectivity index (χ0v) is 11.3. The number of halogens is 1. The van der Waals surface area contributed by atoms with Gasteiger partial charge in [-0.3, -0.25) is 4.79 Å². The van der Waals surface area contributed by atoms with Gasteiger partial charge < -0.3 is 15.5 Å². The van der Waals surface area contributed by atoms with Gasteiger partial charge in [0.2, 0.25) is 5.91 Å². The summed E-state index contributed by atoms with van der Waals surface area (Å²) in [6.07, 6.45) is -1.07. The molecule has 1 aromatic rings. The highest BCUT2D eigenvalue weighted by Gasteiger charge is 2.24. The Morgan fingerprint density at radius 2 is 1.89 bits per heavy atom. The zero-order chi connectivity index (χ0) is 13.7. The Labute approximate surface area is 113 Å². The molecule has 18 heavy (non-hydrogen) atoms. The van der Waals surface area contributed by atoms with E-state index in [1.54, 1.807) is 24.3 Å². The van der Waals surface area contributed by atoms with Gasteiger partial charge in [-0.2, -0.15) is 0 Å². The number of benzene rings is 1. The number of carbonyl (C=O) groups excluding carboxylic acids is 1. The van der Waals surface area contributed by atoms with E-state index in [0.717, 1.165) is 10.0 Å². The van der Waals surface area contributed by atoms with Crippen LogP contribution in [0, 0.1) is 0 Å². The summed E-state index contributed by atoms with van der Waals surface area (Å²) in [7, 11) is 0. The normalized spacial score (nSPS) is 13.7. The lowest BCUT2D eigenvalue weighted by atomic mass is 10.1. The SMILES string of the molecule is CC(O)C(NC(=O)Cc1ccc(Br)cc1)C(=O)O. The molecule has 0 saturated heterocycles. The summed E-state index contributed by atoms with van der Waals surface area (Å²) < 4.78 is 0.902. The number of rotatable bonds is 5. The third kappa shape index (κ3) is 4.46. The fourth-order valence-corrected chi connectivity index (χ4v) is 1.67. The van der Waals surface area contributed by atoms with Crippen molar-refractivity contribution in [3.8, 4) is 0 Å². The van der Waals surface area contributed by atoms with Crippen molar-refractivity contribution in [2.45, 2.75) is 25.5 Å². The molecular formula is C12H14BrNO4. The maximum Gasteiger partial charge on any atom is 0.328 e. The fourth-order valence-electron chi connectivity index (χ4n) is 1.40. The lowest BCUT2D eigenvalue weighted by molar-refractivity contribution is -0.144. The molecule has 0 spiro atoms. The van der Waals surface area contributed by atoms with Gasteiger partial charge in [-0.1, -0.05) is 28.1 Å². The van der Waals surface area contributed by atoms with Crippen LogP contribution >= 0.6 is 15.9 Å². The Kier molecular flexibility index (Phi) is 5.30. The third-order valence-corrected chi connectivity index (χ3v) is 2.87. The second-order valence-corrected chi connectivity index (χ2v) is 4.84. The molecule has 1 aromatic carbocycles. The second kappa shape index (κ2) is 6.51. The highest BCUT2D eigenvalue weighted by atomic mass is 79.9. The number of carboxylic acid groups (broad SMARTS) is 1. The third-order valence-electron chi connectivity index (χ3n) is 2.34. The number of aliphatic carboxylic acids is 1. The number of aliphatic hydroxyl groups excluding tert-OH is 1. The van der Waals surface area contributed by atoms with Crippen LogP contribution in [0.5, 0.6) is 0 Å². The molecule has 0 aliphatic rings. The fraction of sp³-hybridized carbons (Fsp3) is 0.333. The number of hydrogen-bond donors (Lipinski definition) is 3. The Morgan fingerprint density at radius 3 is 2.33 bits per heavy atom. The molecule has 1 rings (SSSR count). The van der Waals surface area contributed by atoms with Gasteiger partial charge in [-0.05, 0) is 24.6 Å². The number of hydrogen-bond acceptors (Lipinski definition) is 3. The predicted octanol–water partition coefficient (Wildman–Crippen LogP) is 0.942. The number of aliphatic hydroxyl groups is 1. The van der Waals surface area contributed by atoms with Gasteiger partial charge in [0.1, 0.15) is 0 Å². The molecule has 0 saturated carbocycles. The van der Waals surface area contributed by atoms with Crippen molar-refractivity contribution in [3.05, 3.63) is 34.3 Å². The van der Waals surface area contributed by atoms with E-state index in [-0.39, 0.29) is 6.42 Å². The number of nitrogens with one attached hydrogen (secondary N) is 1. The Hall–Kier alpha value is -1.40. The summed E-state index contributed by atoms with van der Waals surface area (Å²) >= 11 is 3.28. The first-order valence-electron chi connectivity index (χ1n) is 5.35. The maximum atomic E-state index is 11.6. The molecule has 0 fully saturated rings. The quantitative estimate of drug-likeness (QED) is 0.755. The van der Waals surface area contributed by atoms with E-state index in [0.29, 0.717) is 0 Å². The van der Waals surface area contributed by atoms with Gasteiger partial charge in [0.25, 0.3) is 0 Å². The minimum Gasteiger partial charge on any atom is -0.480 e. The summed E-state index contributed by atoms with van der Waals surface area (Å²) in [6.45, 7) is 1.32. The molecule has 6 heteroatoms. The zero-order valence-electron chi connectivity index (χ0n) is 9.76. The number of amides is 1. The van der Waals surface area contributed by atoms with Crippen molar-refractivity contribution in [1.29, 1.82) is 0 Å². The van der Waals surface area contributed by atoms with Crippen molar-refractivity contribution in [3.63, 3.8) is 0 Å². The van der Waals surface area contributed by atoms with Gasteiger partial charge in [0.05, 0.1) is 12.5 Å². The van der Waals surface area contributed by atoms with Gasteiger partial charge in [0, 0.05) is 4.47 Å². The van der Waals surface area contributed by atoms with Crippen molar-refractivity contribution < 1.29 is 19.8 Å². The monoisotopic (exact) mass is 315 g/mol. The van der Waals surface area contributed by atoms with Crippen LogP contribution in [0.2, 0.25) is 0 Å². The Balaban J connectivity index is 2.60. The van der Waals surface area contributed by atoms with Crippen LogP contribution in [0.4, 0.5) is 0 Å². The first-order chi connectivity index (χ1) is 8.40. The average molecular weight is 316 g/mol. The Bertz CT molecular complexity index is 430.